The number of carbonyl (C=O) groups excluding carboxylic acids is 2. The number of nitrogens with zero attached hydrogens (tertiary/aromatic N) is 3. The highest BCUT2D eigenvalue weighted by atomic mass is 19.1. The Kier molecular flexibility index (Phi) is 6.54. The van der Waals surface area contributed by atoms with Gasteiger partial charge >= 0.3 is 0 Å². The second-order valence-electron chi connectivity index (χ2n) is 8.17. The Bertz CT molecular complexity index is 1070. The maximum atomic E-state index is 14.6. The standard InChI is InChI=1S/C24H22F3N3O3/c25-17-11-21(24(32)29-8-4-7-18(29)12-28)30(13-17)23(31)16-9-19(26)22(20(27)10-16)33-14-15-5-2-1-3-6-15/h1-3,5-6,9-10,17-18,21H,4,7-8,11,13-14H2/t17-,18+,21+/m1/s1. The van der Waals surface area contributed by atoms with Crippen molar-refractivity contribution in [1.29, 1.82) is 5.26 Å². The molecule has 2 aliphatic heterocycles. The minimum atomic E-state index is -1.45. The van der Waals surface area contributed by atoms with E-state index in [9.17, 15) is 28.0 Å². The van der Waals surface area contributed by atoms with Crippen LogP contribution in [0.4, 0.5) is 13.2 Å². The van der Waals surface area contributed by atoms with Gasteiger partial charge < -0.3 is 14.5 Å². The molecule has 0 N–H and O–H groups in total. The van der Waals surface area contributed by atoms with Gasteiger partial charge in [0.1, 0.15) is 24.9 Å². The lowest BCUT2D eigenvalue weighted by atomic mass is 10.1. The van der Waals surface area contributed by atoms with Gasteiger partial charge in [-0.1, -0.05) is 30.3 Å². The van der Waals surface area contributed by atoms with Crippen molar-refractivity contribution in [3.63, 3.8) is 0 Å². The molecule has 2 aliphatic rings. The summed E-state index contributed by atoms with van der Waals surface area (Å²) in [4.78, 5) is 28.3. The zero-order chi connectivity index (χ0) is 23.5. The highest BCUT2D eigenvalue weighted by Crippen LogP contribution is 2.30. The fourth-order valence-corrected chi connectivity index (χ4v) is 4.32. The van der Waals surface area contributed by atoms with E-state index in [0.717, 1.165) is 17.0 Å². The van der Waals surface area contributed by atoms with Crippen molar-refractivity contribution in [3.8, 4) is 11.8 Å². The third-order valence-corrected chi connectivity index (χ3v) is 5.95. The van der Waals surface area contributed by atoms with Gasteiger partial charge in [-0.3, -0.25) is 9.59 Å². The van der Waals surface area contributed by atoms with Crippen LogP contribution in [0.5, 0.6) is 5.75 Å². The largest absolute Gasteiger partial charge is 0.483 e. The Hall–Kier alpha value is -3.54. The number of alkyl halides is 1. The summed E-state index contributed by atoms with van der Waals surface area (Å²) in [5.74, 6) is -4.14. The molecule has 0 saturated carbocycles. The minimum absolute atomic E-state index is 0.0654. The SMILES string of the molecule is N#C[C@@H]1CCCN1C(=O)[C@@H]1C[C@@H](F)CN1C(=O)c1cc(F)c(OCc2ccccc2)c(F)c1. The number of benzene rings is 2. The van der Waals surface area contributed by atoms with E-state index in [1.54, 1.807) is 30.3 Å². The third kappa shape index (κ3) is 4.65. The maximum absolute atomic E-state index is 14.6. The number of likely N-dealkylation sites (tertiary alicyclic amines) is 2. The molecule has 3 atom stereocenters. The van der Waals surface area contributed by atoms with Gasteiger partial charge in [0, 0.05) is 18.5 Å². The Labute approximate surface area is 189 Å². The fraction of sp³-hybridized carbons (Fsp3) is 0.375. The topological polar surface area (TPSA) is 73.6 Å². The molecule has 4 rings (SSSR count). The number of amides is 2. The minimum Gasteiger partial charge on any atom is -0.483 e. The van der Waals surface area contributed by atoms with E-state index in [1.165, 1.54) is 4.90 Å². The molecule has 2 aromatic carbocycles. The highest BCUT2D eigenvalue weighted by Gasteiger charge is 2.44. The monoisotopic (exact) mass is 457 g/mol. The van der Waals surface area contributed by atoms with Gasteiger partial charge in [0.25, 0.3) is 5.91 Å². The first kappa shape index (κ1) is 22.6. The van der Waals surface area contributed by atoms with Crippen LogP contribution in [-0.4, -0.2) is 53.0 Å². The second kappa shape index (κ2) is 9.53. The quantitative estimate of drug-likeness (QED) is 0.688. The van der Waals surface area contributed by atoms with Crippen molar-refractivity contribution < 1.29 is 27.5 Å². The van der Waals surface area contributed by atoms with E-state index in [-0.39, 0.29) is 25.1 Å². The number of rotatable bonds is 5. The number of nitriles is 1. The van der Waals surface area contributed by atoms with Gasteiger partial charge in [0.15, 0.2) is 17.4 Å². The van der Waals surface area contributed by atoms with E-state index >= 15 is 0 Å². The lowest BCUT2D eigenvalue weighted by molar-refractivity contribution is -0.135. The summed E-state index contributed by atoms with van der Waals surface area (Å²) in [6.45, 7) is -0.0802. The number of hydrogen-bond acceptors (Lipinski definition) is 4. The van der Waals surface area contributed by atoms with E-state index in [1.807, 2.05) is 6.07 Å². The number of carbonyl (C=O) groups is 2. The molecule has 2 heterocycles. The van der Waals surface area contributed by atoms with Crippen molar-refractivity contribution in [1.82, 2.24) is 9.80 Å². The van der Waals surface area contributed by atoms with Gasteiger partial charge in [-0.2, -0.15) is 5.26 Å². The zero-order valence-electron chi connectivity index (χ0n) is 17.7. The van der Waals surface area contributed by atoms with Crippen LogP contribution in [-0.2, 0) is 11.4 Å². The number of halogens is 3. The van der Waals surface area contributed by atoms with Gasteiger partial charge in [-0.25, -0.2) is 13.2 Å². The van der Waals surface area contributed by atoms with Crippen LogP contribution >= 0.6 is 0 Å². The molecular weight excluding hydrogens is 435 g/mol. The average molecular weight is 457 g/mol. The Morgan fingerprint density at radius 1 is 1.12 bits per heavy atom. The van der Waals surface area contributed by atoms with E-state index in [4.69, 9.17) is 4.74 Å². The Morgan fingerprint density at radius 3 is 2.48 bits per heavy atom. The van der Waals surface area contributed by atoms with Crippen LogP contribution in [0, 0.1) is 23.0 Å². The molecule has 0 spiro atoms. The van der Waals surface area contributed by atoms with Gasteiger partial charge in [0.05, 0.1) is 12.6 Å². The molecule has 0 radical (unpaired) electrons. The average Bonchev–Trinajstić information content (AvgIpc) is 3.44. The Balaban J connectivity index is 1.52. The van der Waals surface area contributed by atoms with Crippen LogP contribution < -0.4 is 4.74 Å². The molecule has 2 saturated heterocycles. The summed E-state index contributed by atoms with van der Waals surface area (Å²) in [5.41, 5.74) is 0.365. The second-order valence-corrected chi connectivity index (χ2v) is 8.17. The normalized spacial score (nSPS) is 22.3. The number of hydrogen-bond donors (Lipinski definition) is 0. The molecule has 2 aromatic rings. The summed E-state index contributed by atoms with van der Waals surface area (Å²) in [6.07, 6.45) is -0.509. The molecule has 0 aliphatic carbocycles. The summed E-state index contributed by atoms with van der Waals surface area (Å²) in [7, 11) is 0. The number of ether oxygens (including phenoxy) is 1. The van der Waals surface area contributed by atoms with Gasteiger partial charge in [0.2, 0.25) is 5.91 Å². The zero-order valence-corrected chi connectivity index (χ0v) is 17.7. The van der Waals surface area contributed by atoms with Crippen molar-refractivity contribution in [2.45, 2.75) is 44.1 Å². The van der Waals surface area contributed by atoms with Crippen molar-refractivity contribution in [3.05, 3.63) is 65.2 Å². The van der Waals surface area contributed by atoms with Crippen LogP contribution in [0.15, 0.2) is 42.5 Å². The predicted octanol–water partition coefficient (Wildman–Crippen LogP) is 3.61. The van der Waals surface area contributed by atoms with Crippen molar-refractivity contribution in [2.24, 2.45) is 0 Å². The first-order chi connectivity index (χ1) is 15.9. The van der Waals surface area contributed by atoms with Crippen LogP contribution in [0.3, 0.4) is 0 Å². The molecule has 0 unspecified atom stereocenters. The van der Waals surface area contributed by atoms with Crippen LogP contribution in [0.2, 0.25) is 0 Å². The molecule has 2 fully saturated rings. The van der Waals surface area contributed by atoms with E-state index < -0.39 is 47.5 Å². The maximum Gasteiger partial charge on any atom is 0.254 e. The Morgan fingerprint density at radius 2 is 1.82 bits per heavy atom. The first-order valence-electron chi connectivity index (χ1n) is 10.7. The molecule has 2 amide bonds. The van der Waals surface area contributed by atoms with E-state index in [2.05, 4.69) is 0 Å². The van der Waals surface area contributed by atoms with Crippen molar-refractivity contribution in [2.75, 3.05) is 13.1 Å². The summed E-state index contributed by atoms with van der Waals surface area (Å²) >= 11 is 0. The fourth-order valence-electron chi connectivity index (χ4n) is 4.32. The summed E-state index contributed by atoms with van der Waals surface area (Å²) in [5, 5.41) is 9.24. The lowest BCUT2D eigenvalue weighted by Crippen LogP contribution is -2.49. The molecule has 33 heavy (non-hydrogen) atoms. The summed E-state index contributed by atoms with van der Waals surface area (Å²) < 4.78 is 48.7. The van der Waals surface area contributed by atoms with E-state index in [0.29, 0.717) is 24.9 Å². The molecule has 0 aromatic heterocycles. The van der Waals surface area contributed by atoms with Gasteiger partial charge in [-0.15, -0.1) is 0 Å². The molecular formula is C24H22F3N3O3. The first-order valence-corrected chi connectivity index (χ1v) is 10.7. The lowest BCUT2D eigenvalue weighted by Gasteiger charge is -2.29. The molecule has 172 valence electrons. The summed E-state index contributed by atoms with van der Waals surface area (Å²) in [6, 6.07) is 10.8. The predicted molar refractivity (Wildman–Crippen MR) is 112 cm³/mol. The van der Waals surface area contributed by atoms with Crippen LogP contribution in [0.1, 0.15) is 35.2 Å². The van der Waals surface area contributed by atoms with Crippen molar-refractivity contribution >= 4 is 11.8 Å². The molecule has 0 bridgehead atoms. The third-order valence-electron chi connectivity index (χ3n) is 5.95. The van der Waals surface area contributed by atoms with Gasteiger partial charge in [-0.05, 0) is 30.5 Å². The van der Waals surface area contributed by atoms with Crippen LogP contribution in [0.25, 0.3) is 0 Å². The highest BCUT2D eigenvalue weighted by molar-refractivity contribution is 5.98. The smallest absolute Gasteiger partial charge is 0.254 e. The molecule has 6 nitrogen and oxygen atoms in total. The molecule has 9 heteroatoms.